The number of alkyl halides is 3. The van der Waals surface area contributed by atoms with Gasteiger partial charge in [-0.15, -0.1) is 0 Å². The van der Waals surface area contributed by atoms with Gasteiger partial charge in [0, 0.05) is 17.2 Å². The molecule has 0 aromatic carbocycles. The first-order chi connectivity index (χ1) is 9.74. The molecular formula is C13H17F3O6. The minimum Gasteiger partial charge on any atom is -0.478 e. The lowest BCUT2D eigenvalue weighted by molar-refractivity contribution is -0.182. The minimum absolute atomic E-state index is 0.176. The fraction of sp³-hybridized carbons (Fsp3) is 0.308. The van der Waals surface area contributed by atoms with E-state index < -0.39 is 30.7 Å². The molecule has 0 bridgehead atoms. The summed E-state index contributed by atoms with van der Waals surface area (Å²) in [5.41, 5.74) is 0.352. The maximum Gasteiger partial charge on any atom is 0.422 e. The van der Waals surface area contributed by atoms with Crippen molar-refractivity contribution in [3.05, 3.63) is 37.0 Å². The Hall–Kier alpha value is -2.58. The largest absolute Gasteiger partial charge is 0.478 e. The monoisotopic (exact) mass is 326 g/mol. The summed E-state index contributed by atoms with van der Waals surface area (Å²) in [6.45, 7) is 10.6. The first kappa shape index (κ1) is 24.4. The Morgan fingerprint density at radius 2 is 1.32 bits per heavy atom. The third-order valence-corrected chi connectivity index (χ3v) is 1.27. The predicted octanol–water partition coefficient (Wildman–Crippen LogP) is 2.57. The third kappa shape index (κ3) is 26.1. The zero-order valence-corrected chi connectivity index (χ0v) is 12.1. The van der Waals surface area contributed by atoms with Gasteiger partial charge in [0.25, 0.3) is 0 Å². The van der Waals surface area contributed by atoms with Gasteiger partial charge in [-0.25, -0.2) is 14.4 Å². The summed E-state index contributed by atoms with van der Waals surface area (Å²) in [4.78, 5) is 29.2. The van der Waals surface area contributed by atoms with Gasteiger partial charge in [0.05, 0.1) is 0 Å². The molecule has 22 heavy (non-hydrogen) atoms. The molecule has 0 amide bonds. The van der Waals surface area contributed by atoms with E-state index in [0.717, 1.165) is 0 Å². The molecule has 0 fully saturated rings. The Balaban J connectivity index is -0.000000261. The van der Waals surface area contributed by atoms with Gasteiger partial charge in [0.15, 0.2) is 6.61 Å². The zero-order chi connectivity index (χ0) is 18.5. The summed E-state index contributed by atoms with van der Waals surface area (Å²) in [6, 6.07) is 0. The number of hydrogen-bond donors (Lipinski definition) is 2. The molecule has 0 rings (SSSR count). The molecule has 0 aliphatic heterocycles. The smallest absolute Gasteiger partial charge is 0.422 e. The van der Waals surface area contributed by atoms with E-state index in [0.29, 0.717) is 6.08 Å². The van der Waals surface area contributed by atoms with Crippen molar-refractivity contribution in [1.29, 1.82) is 0 Å². The lowest BCUT2D eigenvalue weighted by atomic mass is 10.4. The molecule has 0 saturated carbocycles. The Bertz CT molecular complexity index is 390. The molecular weight excluding hydrogens is 309 g/mol. The lowest BCUT2D eigenvalue weighted by Crippen LogP contribution is -2.19. The minimum atomic E-state index is -4.46. The first-order valence-electron chi connectivity index (χ1n) is 5.38. The van der Waals surface area contributed by atoms with Crippen molar-refractivity contribution in [2.45, 2.75) is 20.0 Å². The number of esters is 1. The van der Waals surface area contributed by atoms with Crippen LogP contribution in [0.15, 0.2) is 37.0 Å². The number of carbonyl (C=O) groups excluding carboxylic acids is 1. The highest BCUT2D eigenvalue weighted by Gasteiger charge is 2.28. The van der Waals surface area contributed by atoms with Crippen LogP contribution in [-0.2, 0) is 19.1 Å². The van der Waals surface area contributed by atoms with Crippen molar-refractivity contribution >= 4 is 17.9 Å². The molecule has 2 N–H and O–H groups in total. The second-order valence-electron chi connectivity index (χ2n) is 3.60. The highest BCUT2D eigenvalue weighted by molar-refractivity contribution is 5.85. The van der Waals surface area contributed by atoms with E-state index >= 15 is 0 Å². The average Bonchev–Trinajstić information content (AvgIpc) is 2.36. The number of carboxylic acids is 2. The van der Waals surface area contributed by atoms with Crippen molar-refractivity contribution in [1.82, 2.24) is 0 Å². The number of carbonyl (C=O) groups is 3. The second-order valence-corrected chi connectivity index (χ2v) is 3.60. The van der Waals surface area contributed by atoms with Gasteiger partial charge < -0.3 is 14.9 Å². The summed E-state index contributed by atoms with van der Waals surface area (Å²) < 4.78 is 37.4. The van der Waals surface area contributed by atoms with Crippen molar-refractivity contribution in [3.8, 4) is 0 Å². The average molecular weight is 326 g/mol. The van der Waals surface area contributed by atoms with E-state index in [4.69, 9.17) is 10.2 Å². The predicted molar refractivity (Wildman–Crippen MR) is 72.1 cm³/mol. The van der Waals surface area contributed by atoms with E-state index in [1.54, 1.807) is 0 Å². The van der Waals surface area contributed by atoms with E-state index in [9.17, 15) is 27.6 Å². The molecule has 0 atom stereocenters. The van der Waals surface area contributed by atoms with Crippen LogP contribution < -0.4 is 0 Å². The van der Waals surface area contributed by atoms with Crippen LogP contribution in [0.3, 0.4) is 0 Å². The molecule has 6 nitrogen and oxygen atoms in total. The summed E-state index contributed by atoms with van der Waals surface area (Å²) in [5, 5.41) is 15.8. The highest BCUT2D eigenvalue weighted by Crippen LogP contribution is 2.14. The molecule has 0 aliphatic carbocycles. The molecule has 0 aliphatic rings. The summed E-state index contributed by atoms with van der Waals surface area (Å²) >= 11 is 0. The van der Waals surface area contributed by atoms with Crippen molar-refractivity contribution in [2.75, 3.05) is 6.61 Å². The summed E-state index contributed by atoms with van der Waals surface area (Å²) in [6.07, 6.45) is -3.79. The van der Waals surface area contributed by atoms with Crippen LogP contribution in [0, 0.1) is 0 Å². The molecule has 126 valence electrons. The summed E-state index contributed by atoms with van der Waals surface area (Å²) in [7, 11) is 0. The number of carboxylic acid groups (broad SMARTS) is 2. The van der Waals surface area contributed by atoms with E-state index in [1.165, 1.54) is 13.8 Å². The van der Waals surface area contributed by atoms with Crippen LogP contribution in [0.1, 0.15) is 13.8 Å². The molecule has 0 spiro atoms. The van der Waals surface area contributed by atoms with Gasteiger partial charge in [-0.1, -0.05) is 19.7 Å². The van der Waals surface area contributed by atoms with E-state index in [1.807, 2.05) is 0 Å². The molecule has 9 heteroatoms. The molecule has 0 unspecified atom stereocenters. The van der Waals surface area contributed by atoms with Gasteiger partial charge in [-0.2, -0.15) is 13.2 Å². The van der Waals surface area contributed by atoms with E-state index in [-0.39, 0.29) is 11.1 Å². The maximum absolute atomic E-state index is 11.2. The number of rotatable bonds is 4. The highest BCUT2D eigenvalue weighted by atomic mass is 19.4. The Kier molecular flexibility index (Phi) is 13.5. The zero-order valence-electron chi connectivity index (χ0n) is 12.1. The van der Waals surface area contributed by atoms with Crippen LogP contribution in [0.4, 0.5) is 13.2 Å². The molecule has 0 heterocycles. The number of aliphatic carboxylic acids is 2. The Labute approximate surface area is 125 Å². The Morgan fingerprint density at radius 1 is 1.05 bits per heavy atom. The number of halogens is 3. The standard InChI is InChI=1S/C5H5F3O2.2C4H6O2/c1-2-4(9)10-3-5(6,7)8;2*1-3(2)4(5)6/h2H,1,3H2;2*1H2,2H3,(H,5,6). The third-order valence-electron chi connectivity index (χ3n) is 1.27. The van der Waals surface area contributed by atoms with Crippen molar-refractivity contribution in [2.24, 2.45) is 0 Å². The van der Waals surface area contributed by atoms with Gasteiger partial charge in [0.2, 0.25) is 0 Å². The van der Waals surface area contributed by atoms with Gasteiger partial charge in [-0.05, 0) is 13.8 Å². The SMILES string of the molecule is C=C(C)C(=O)O.C=C(C)C(=O)O.C=CC(=O)OCC(F)(F)F. The van der Waals surface area contributed by atoms with Crippen LogP contribution in [0.25, 0.3) is 0 Å². The normalized spacial score (nSPS) is 8.95. The van der Waals surface area contributed by atoms with Crippen molar-refractivity contribution in [3.63, 3.8) is 0 Å². The molecule has 0 aromatic rings. The lowest BCUT2D eigenvalue weighted by Gasteiger charge is -2.04. The number of ether oxygens (including phenoxy) is 1. The van der Waals surface area contributed by atoms with Gasteiger partial charge in [-0.3, -0.25) is 0 Å². The Morgan fingerprint density at radius 3 is 1.45 bits per heavy atom. The van der Waals surface area contributed by atoms with Gasteiger partial charge >= 0.3 is 24.1 Å². The summed E-state index contributed by atoms with van der Waals surface area (Å²) in [5.74, 6) is -2.94. The fourth-order valence-corrected chi connectivity index (χ4v) is 0.212. The quantitative estimate of drug-likeness (QED) is 0.608. The van der Waals surface area contributed by atoms with Crippen molar-refractivity contribution < 1.29 is 42.5 Å². The van der Waals surface area contributed by atoms with Crippen LogP contribution >= 0.6 is 0 Å². The van der Waals surface area contributed by atoms with E-state index in [2.05, 4.69) is 24.5 Å². The van der Waals surface area contributed by atoms with Gasteiger partial charge in [0.1, 0.15) is 0 Å². The van der Waals surface area contributed by atoms with Crippen LogP contribution in [0.5, 0.6) is 0 Å². The second kappa shape index (κ2) is 12.2. The fourth-order valence-electron chi connectivity index (χ4n) is 0.212. The topological polar surface area (TPSA) is 101 Å². The maximum atomic E-state index is 11.2. The molecule has 0 aromatic heterocycles. The molecule has 0 radical (unpaired) electrons. The van der Waals surface area contributed by atoms with Crippen LogP contribution in [-0.4, -0.2) is 40.9 Å². The number of hydrogen-bond acceptors (Lipinski definition) is 4. The molecule has 0 saturated heterocycles. The van der Waals surface area contributed by atoms with Crippen LogP contribution in [0.2, 0.25) is 0 Å². The first-order valence-corrected chi connectivity index (χ1v) is 5.38.